The van der Waals surface area contributed by atoms with Crippen molar-refractivity contribution in [3.05, 3.63) is 94.5 Å². The lowest BCUT2D eigenvalue weighted by atomic mass is 10.0. The minimum atomic E-state index is -3.96. The third-order valence-corrected chi connectivity index (χ3v) is 17.1. The van der Waals surface area contributed by atoms with Crippen molar-refractivity contribution in [2.24, 2.45) is 0 Å². The third-order valence-electron chi connectivity index (χ3n) is 13.0. The van der Waals surface area contributed by atoms with Crippen LogP contribution in [0, 0.1) is 0 Å². The van der Waals surface area contributed by atoms with E-state index in [2.05, 4.69) is 49.8 Å². The van der Waals surface area contributed by atoms with Gasteiger partial charge < -0.3 is 28.4 Å². The van der Waals surface area contributed by atoms with Crippen LogP contribution in [0.2, 0.25) is 10.0 Å². The first-order valence-corrected chi connectivity index (χ1v) is 26.7. The van der Waals surface area contributed by atoms with E-state index in [1.165, 1.54) is 53.2 Å². The Morgan fingerprint density at radius 3 is 1.17 bits per heavy atom. The second-order valence-electron chi connectivity index (χ2n) is 17.2. The molecule has 26 heteroatoms. The molecule has 0 saturated carbocycles. The second kappa shape index (κ2) is 22.9. The van der Waals surface area contributed by atoms with E-state index in [4.69, 9.17) is 51.6 Å². The normalized spacial score (nSPS) is 19.6. The molecule has 8 atom stereocenters. The molecule has 6 heterocycles. The van der Waals surface area contributed by atoms with E-state index in [0.717, 1.165) is 0 Å². The molecule has 0 amide bonds. The summed E-state index contributed by atoms with van der Waals surface area (Å²) in [4.78, 5) is 16.7. The van der Waals surface area contributed by atoms with Crippen molar-refractivity contribution in [1.29, 1.82) is 0 Å². The van der Waals surface area contributed by atoms with E-state index in [-0.39, 0.29) is 35.9 Å². The molecule has 22 nitrogen and oxygen atoms in total. The first-order valence-electron chi connectivity index (χ1n) is 22.9. The summed E-state index contributed by atoms with van der Waals surface area (Å²) in [5.74, 6) is 2.46. The second-order valence-corrected chi connectivity index (χ2v) is 22.1. The molecule has 4 aromatic heterocycles. The predicted molar refractivity (Wildman–Crippen MR) is 269 cm³/mol. The summed E-state index contributed by atoms with van der Waals surface area (Å²) >= 11 is 11.8. The van der Waals surface area contributed by atoms with Gasteiger partial charge in [-0.2, -0.15) is 0 Å². The Balaban J connectivity index is 0.000000211. The van der Waals surface area contributed by atoms with E-state index in [0.29, 0.717) is 93.8 Å². The predicted octanol–water partition coefficient (Wildman–Crippen LogP) is 7.11. The highest BCUT2D eigenvalue weighted by atomic mass is 35.5. The molecule has 388 valence electrons. The van der Waals surface area contributed by atoms with Gasteiger partial charge in [0.1, 0.15) is 57.7 Å². The molecule has 8 rings (SSSR count). The maximum Gasteiger partial charge on any atom is 0.243 e. The van der Waals surface area contributed by atoms with Gasteiger partial charge in [-0.3, -0.25) is 18.6 Å². The lowest BCUT2D eigenvalue weighted by molar-refractivity contribution is 0.117. The smallest absolute Gasteiger partial charge is 0.243 e. The van der Waals surface area contributed by atoms with Gasteiger partial charge in [0.2, 0.25) is 31.9 Å². The Kier molecular flexibility index (Phi) is 17.1. The van der Waals surface area contributed by atoms with E-state index in [9.17, 15) is 16.8 Å². The zero-order valence-electron chi connectivity index (χ0n) is 41.3. The molecule has 0 bridgehead atoms. The number of ether oxygens (including phenoxy) is 6. The molecule has 0 radical (unpaired) electrons. The molecule has 0 unspecified atom stereocenters. The first-order chi connectivity index (χ1) is 34.3. The van der Waals surface area contributed by atoms with Crippen molar-refractivity contribution in [2.75, 3.05) is 51.1 Å². The van der Waals surface area contributed by atoms with Crippen molar-refractivity contribution in [2.45, 2.75) is 101 Å². The average molecular weight is 1070 g/mol. The summed E-state index contributed by atoms with van der Waals surface area (Å²) in [5, 5.41) is 16.2. The molecule has 2 saturated heterocycles. The minimum absolute atomic E-state index is 0.0166. The Morgan fingerprint density at radius 1 is 0.569 bits per heavy atom. The fraction of sp³-hybridized carbons (Fsp3) is 0.478. The van der Waals surface area contributed by atoms with Crippen LogP contribution in [-0.4, -0.2) is 131 Å². The third kappa shape index (κ3) is 11.3. The highest BCUT2D eigenvalue weighted by Gasteiger charge is 2.38. The Hall–Kier alpha value is -5.92. The highest BCUT2D eigenvalue weighted by molar-refractivity contribution is 7.93. The Morgan fingerprint density at radius 2 is 0.889 bits per heavy atom. The quantitative estimate of drug-likeness (QED) is 0.0869. The van der Waals surface area contributed by atoms with Gasteiger partial charge in [-0.25, -0.2) is 36.8 Å². The van der Waals surface area contributed by atoms with Gasteiger partial charge in [-0.05, 0) is 64.8 Å². The summed E-state index contributed by atoms with van der Waals surface area (Å²) in [6.07, 6.45) is 6.93. The molecule has 2 fully saturated rings. The maximum atomic E-state index is 13.5. The molecule has 72 heavy (non-hydrogen) atoms. The number of hydrogen-bond acceptors (Lipinski definition) is 18. The van der Waals surface area contributed by atoms with Crippen LogP contribution < -0.4 is 28.4 Å². The molecular formula is C46H58Cl2N12O10S2. The molecule has 0 aliphatic carbocycles. The lowest BCUT2D eigenvalue weighted by Crippen LogP contribution is -2.31. The summed E-state index contributed by atoms with van der Waals surface area (Å²) in [6.45, 7) is 11.7. The zero-order valence-corrected chi connectivity index (χ0v) is 44.5. The van der Waals surface area contributed by atoms with Gasteiger partial charge in [0.15, 0.2) is 0 Å². The van der Waals surface area contributed by atoms with Crippen LogP contribution in [0.1, 0.15) is 101 Å². The van der Waals surface area contributed by atoms with Crippen LogP contribution in [0.25, 0.3) is 11.4 Å². The van der Waals surface area contributed by atoms with Crippen LogP contribution in [0.3, 0.4) is 0 Å². The number of hydrogen-bond donors (Lipinski definition) is 2. The number of rotatable bonds is 18. The fourth-order valence-electron chi connectivity index (χ4n) is 8.40. The number of sulfonamides is 2. The van der Waals surface area contributed by atoms with Crippen LogP contribution >= 0.6 is 23.2 Å². The van der Waals surface area contributed by atoms with E-state index in [1.54, 1.807) is 73.2 Å². The van der Waals surface area contributed by atoms with Crippen molar-refractivity contribution in [1.82, 2.24) is 49.5 Å². The van der Waals surface area contributed by atoms with Crippen molar-refractivity contribution >= 4 is 55.1 Å². The number of para-hydroxylation sites is 2. The Labute approximate surface area is 428 Å². The number of methoxy groups -OCH3 is 4. The van der Waals surface area contributed by atoms with Crippen LogP contribution in [-0.2, 0) is 29.5 Å². The SMILES string of the molecule is COc1cccc(OC)c1-n1c(NS(=O)(=O)[C@@H](C)[C@H](C)c2ncc(Cl)cn2)nnc1[C@@H]1CCO[C@H]1C.COc1cccc(OC)c1-n1c(NS(=O)(=O)[C@@H](C)[C@H](C)c2ncc(Cl)cn2)nnc1[C@H]1CCO[C@@H]1C. The van der Waals surface area contributed by atoms with Crippen LogP contribution in [0.4, 0.5) is 11.9 Å². The van der Waals surface area contributed by atoms with Crippen molar-refractivity contribution in [3.63, 3.8) is 0 Å². The zero-order chi connectivity index (χ0) is 52.1. The van der Waals surface area contributed by atoms with Gasteiger partial charge in [-0.1, -0.05) is 49.2 Å². The summed E-state index contributed by atoms with van der Waals surface area (Å²) in [6, 6.07) is 10.6. The van der Waals surface area contributed by atoms with Crippen molar-refractivity contribution in [3.8, 4) is 34.4 Å². The van der Waals surface area contributed by atoms with E-state index < -0.39 is 42.4 Å². The minimum Gasteiger partial charge on any atom is -0.494 e. The maximum absolute atomic E-state index is 13.5. The van der Waals surface area contributed by atoms with E-state index in [1.807, 2.05) is 13.8 Å². The molecular weight excluding hydrogens is 1020 g/mol. The van der Waals surface area contributed by atoms with Gasteiger partial charge in [0.25, 0.3) is 0 Å². The number of nitrogens with zero attached hydrogens (tertiary/aromatic N) is 10. The van der Waals surface area contributed by atoms with Gasteiger partial charge >= 0.3 is 0 Å². The first kappa shape index (κ1) is 53.9. The summed E-state index contributed by atoms with van der Waals surface area (Å²) < 4.78 is 96.5. The molecule has 2 aliphatic heterocycles. The van der Waals surface area contributed by atoms with Crippen molar-refractivity contribution < 1.29 is 45.3 Å². The number of anilines is 2. The van der Waals surface area contributed by atoms with Crippen LogP contribution in [0.5, 0.6) is 23.0 Å². The standard InChI is InChI=1S/2C23H29ClN6O5S/c2*1-13(21-25-11-16(24)12-26-21)15(3)36(31,32)29-23-28-27-22(17-9-10-35-14(17)2)30(23)20-18(33-4)7-6-8-19(20)34-5/h2*6-8,11-15,17H,9-10H2,1-5H3,(H,28,29)/t13-,14+,15-,17-;13-,14-,15-,17+/m00/s1. The number of benzene rings is 2. The molecule has 0 spiro atoms. The molecule has 6 aromatic rings. The molecule has 2 aliphatic rings. The van der Waals surface area contributed by atoms with Crippen LogP contribution in [0.15, 0.2) is 61.2 Å². The van der Waals surface area contributed by atoms with Gasteiger partial charge in [0.05, 0.1) is 61.2 Å². The number of halogens is 2. The lowest BCUT2D eigenvalue weighted by Gasteiger charge is -2.22. The van der Waals surface area contributed by atoms with Gasteiger partial charge in [0, 0.05) is 61.7 Å². The Bertz CT molecular complexity index is 2790. The monoisotopic (exact) mass is 1070 g/mol. The van der Waals surface area contributed by atoms with E-state index >= 15 is 0 Å². The summed E-state index contributed by atoms with van der Waals surface area (Å²) in [5.41, 5.74) is 0.974. The highest BCUT2D eigenvalue weighted by Crippen LogP contribution is 2.42. The number of nitrogens with one attached hydrogen (secondary N) is 2. The molecule has 2 N–H and O–H groups in total. The average Bonchev–Trinajstić information content (AvgIpc) is 4.19. The molecule has 2 aromatic carbocycles. The van der Waals surface area contributed by atoms with Gasteiger partial charge in [-0.15, -0.1) is 20.4 Å². The topological polar surface area (TPSA) is 261 Å². The largest absolute Gasteiger partial charge is 0.494 e. The summed E-state index contributed by atoms with van der Waals surface area (Å²) in [7, 11) is -1.80. The number of aromatic nitrogens is 10. The fourth-order valence-corrected chi connectivity index (χ4v) is 11.1.